The second-order valence-corrected chi connectivity index (χ2v) is 4.49. The number of anilines is 1. The van der Waals surface area contributed by atoms with Gasteiger partial charge in [-0.15, -0.1) is 0 Å². The van der Waals surface area contributed by atoms with Gasteiger partial charge in [-0.2, -0.15) is 0 Å². The largest absolute Gasteiger partial charge is 0.351 e. The fourth-order valence-electron chi connectivity index (χ4n) is 1.02. The molecule has 1 rings (SSSR count). The zero-order chi connectivity index (χ0) is 11.6. The third kappa shape index (κ3) is 3.05. The zero-order valence-corrected chi connectivity index (χ0v) is 10.3. The van der Waals surface area contributed by atoms with Crippen LogP contribution in [0, 0.1) is 0 Å². The van der Waals surface area contributed by atoms with Crippen LogP contribution in [0.4, 0.5) is 10.5 Å². The lowest BCUT2D eigenvalue weighted by molar-refractivity contribution is 0.259. The van der Waals surface area contributed by atoms with Crippen molar-refractivity contribution < 1.29 is 4.79 Å². The SMILES string of the molecule is NC(=O)Nc1ccc(Cl)c(Cl)c1C(Cl)Cl. The van der Waals surface area contributed by atoms with E-state index in [4.69, 9.17) is 52.1 Å². The molecule has 0 fully saturated rings. The predicted molar refractivity (Wildman–Crippen MR) is 64.1 cm³/mol. The lowest BCUT2D eigenvalue weighted by Crippen LogP contribution is -2.20. The Bertz CT molecular complexity index is 394. The van der Waals surface area contributed by atoms with Crippen molar-refractivity contribution in [2.24, 2.45) is 5.73 Å². The first-order valence-electron chi connectivity index (χ1n) is 3.76. The first-order chi connectivity index (χ1) is 6.93. The van der Waals surface area contributed by atoms with E-state index in [0.29, 0.717) is 16.3 Å². The summed E-state index contributed by atoms with van der Waals surface area (Å²) in [6.45, 7) is 0. The Balaban J connectivity index is 3.26. The number of hydrogen-bond acceptors (Lipinski definition) is 1. The molecule has 0 unspecified atom stereocenters. The van der Waals surface area contributed by atoms with Crippen molar-refractivity contribution in [3.63, 3.8) is 0 Å². The molecule has 1 aromatic carbocycles. The topological polar surface area (TPSA) is 55.1 Å². The van der Waals surface area contributed by atoms with Crippen molar-refractivity contribution in [2.75, 3.05) is 5.32 Å². The number of nitrogens with one attached hydrogen (secondary N) is 1. The third-order valence-corrected chi connectivity index (χ3v) is 2.86. The molecular weight excluding hydrogens is 282 g/mol. The molecule has 0 aliphatic heterocycles. The summed E-state index contributed by atoms with van der Waals surface area (Å²) in [6.07, 6.45) is 0. The van der Waals surface area contributed by atoms with E-state index in [1.807, 2.05) is 0 Å². The van der Waals surface area contributed by atoms with Gasteiger partial charge < -0.3 is 11.1 Å². The maximum atomic E-state index is 10.7. The quantitative estimate of drug-likeness (QED) is 0.795. The van der Waals surface area contributed by atoms with Crippen LogP contribution in [0.25, 0.3) is 0 Å². The molecule has 0 aromatic heterocycles. The number of carbonyl (C=O) groups is 1. The van der Waals surface area contributed by atoms with E-state index in [2.05, 4.69) is 5.32 Å². The van der Waals surface area contributed by atoms with Crippen molar-refractivity contribution in [1.82, 2.24) is 0 Å². The number of amides is 2. The molecule has 0 spiro atoms. The van der Waals surface area contributed by atoms with Crippen molar-refractivity contribution in [1.29, 1.82) is 0 Å². The minimum absolute atomic E-state index is 0.193. The van der Waals surface area contributed by atoms with Crippen molar-refractivity contribution in [3.05, 3.63) is 27.7 Å². The number of alkyl halides is 2. The standard InChI is InChI=1S/C8H6Cl4N2O/c9-3-1-2-4(14-8(13)15)5(6(3)10)7(11)12/h1-2,7H,(H3,13,14,15). The molecule has 0 atom stereocenters. The highest BCUT2D eigenvalue weighted by atomic mass is 35.5. The Morgan fingerprint density at radius 3 is 2.40 bits per heavy atom. The average Bonchev–Trinajstić information content (AvgIpc) is 2.10. The normalized spacial score (nSPS) is 10.5. The molecule has 15 heavy (non-hydrogen) atoms. The lowest BCUT2D eigenvalue weighted by atomic mass is 10.2. The van der Waals surface area contributed by atoms with Gasteiger partial charge >= 0.3 is 6.03 Å². The van der Waals surface area contributed by atoms with E-state index in [0.717, 1.165) is 0 Å². The molecule has 3 nitrogen and oxygen atoms in total. The third-order valence-electron chi connectivity index (χ3n) is 1.61. The Morgan fingerprint density at radius 2 is 1.93 bits per heavy atom. The van der Waals surface area contributed by atoms with Gasteiger partial charge in [0.15, 0.2) is 0 Å². The molecule has 0 saturated carbocycles. The van der Waals surface area contributed by atoms with E-state index in [-0.39, 0.29) is 5.02 Å². The molecule has 0 saturated heterocycles. The molecule has 82 valence electrons. The fourth-order valence-corrected chi connectivity index (χ4v) is 2.03. The summed E-state index contributed by atoms with van der Waals surface area (Å²) in [6, 6.07) is 2.30. The molecular formula is C8H6Cl4N2O. The number of halogens is 4. The molecule has 0 bridgehead atoms. The van der Waals surface area contributed by atoms with Crippen molar-refractivity contribution in [3.8, 4) is 0 Å². The van der Waals surface area contributed by atoms with Gasteiger partial charge in [-0.05, 0) is 12.1 Å². The summed E-state index contributed by atoms with van der Waals surface area (Å²) in [5.41, 5.74) is 5.63. The van der Waals surface area contributed by atoms with Crippen LogP contribution >= 0.6 is 46.4 Å². The number of benzene rings is 1. The smallest absolute Gasteiger partial charge is 0.316 e. The van der Waals surface area contributed by atoms with Crippen LogP contribution < -0.4 is 11.1 Å². The summed E-state index contributed by atoms with van der Waals surface area (Å²) in [5, 5.41) is 2.84. The number of urea groups is 1. The highest BCUT2D eigenvalue weighted by molar-refractivity contribution is 6.48. The summed E-state index contributed by atoms with van der Waals surface area (Å²) in [5.74, 6) is 0. The van der Waals surface area contributed by atoms with Gasteiger partial charge in [0, 0.05) is 11.3 Å². The fraction of sp³-hybridized carbons (Fsp3) is 0.125. The van der Waals surface area contributed by atoms with Crippen LogP contribution in [0.3, 0.4) is 0 Å². The first kappa shape index (κ1) is 12.7. The van der Waals surface area contributed by atoms with Crippen LogP contribution in [-0.4, -0.2) is 6.03 Å². The van der Waals surface area contributed by atoms with Gasteiger partial charge in [-0.1, -0.05) is 46.4 Å². The van der Waals surface area contributed by atoms with Crippen LogP contribution in [-0.2, 0) is 0 Å². The number of rotatable bonds is 2. The zero-order valence-electron chi connectivity index (χ0n) is 7.23. The van der Waals surface area contributed by atoms with Gasteiger partial charge in [0.05, 0.1) is 10.0 Å². The van der Waals surface area contributed by atoms with Crippen molar-refractivity contribution in [2.45, 2.75) is 4.84 Å². The van der Waals surface area contributed by atoms with E-state index in [1.54, 1.807) is 0 Å². The first-order valence-corrected chi connectivity index (χ1v) is 5.39. The second-order valence-electron chi connectivity index (χ2n) is 2.61. The molecule has 1 aromatic rings. The minimum Gasteiger partial charge on any atom is -0.351 e. The van der Waals surface area contributed by atoms with Gasteiger partial charge in [-0.3, -0.25) is 0 Å². The van der Waals surface area contributed by atoms with Crippen molar-refractivity contribution >= 4 is 58.1 Å². The van der Waals surface area contributed by atoms with Gasteiger partial charge in [-0.25, -0.2) is 4.79 Å². The van der Waals surface area contributed by atoms with Crippen LogP contribution in [0.1, 0.15) is 10.4 Å². The van der Waals surface area contributed by atoms with Gasteiger partial charge in [0.1, 0.15) is 4.84 Å². The summed E-state index contributed by atoms with van der Waals surface area (Å²) in [7, 11) is 0. The number of nitrogens with two attached hydrogens (primary N) is 1. The van der Waals surface area contributed by atoms with Gasteiger partial charge in [0.25, 0.3) is 0 Å². The summed E-state index contributed by atoms with van der Waals surface area (Å²) < 4.78 is 0. The number of primary amides is 1. The molecule has 3 N–H and O–H groups in total. The molecule has 0 aliphatic rings. The highest BCUT2D eigenvalue weighted by Gasteiger charge is 2.17. The molecule has 0 radical (unpaired) electrons. The van der Waals surface area contributed by atoms with Crippen LogP contribution in [0.15, 0.2) is 12.1 Å². The molecule has 0 heterocycles. The van der Waals surface area contributed by atoms with E-state index in [9.17, 15) is 4.79 Å². The molecule has 0 aliphatic carbocycles. The van der Waals surface area contributed by atoms with E-state index < -0.39 is 10.9 Å². The Kier molecular flexibility index (Phi) is 4.34. The molecule has 7 heteroatoms. The highest BCUT2D eigenvalue weighted by Crippen LogP contribution is 2.40. The monoisotopic (exact) mass is 286 g/mol. The van der Waals surface area contributed by atoms with E-state index in [1.165, 1.54) is 12.1 Å². The van der Waals surface area contributed by atoms with Gasteiger partial charge in [0.2, 0.25) is 0 Å². The maximum Gasteiger partial charge on any atom is 0.316 e. The van der Waals surface area contributed by atoms with Crippen LogP contribution in [0.2, 0.25) is 10.0 Å². The number of hydrogen-bond donors (Lipinski definition) is 2. The maximum absolute atomic E-state index is 10.7. The summed E-state index contributed by atoms with van der Waals surface area (Å²) in [4.78, 5) is 9.78. The minimum atomic E-state index is -0.905. The molecule has 2 amide bonds. The Hall–Kier alpha value is -0.350. The number of carbonyl (C=O) groups excluding carboxylic acids is 1. The second kappa shape index (κ2) is 5.12. The van der Waals surface area contributed by atoms with E-state index >= 15 is 0 Å². The summed E-state index contributed by atoms with van der Waals surface area (Å²) >= 11 is 23.1. The lowest BCUT2D eigenvalue weighted by Gasteiger charge is -2.13. The Morgan fingerprint density at radius 1 is 1.33 bits per heavy atom. The predicted octanol–water partition coefficient (Wildman–Crippen LogP) is 3.96. The Labute approximate surface area is 106 Å². The van der Waals surface area contributed by atoms with Crippen LogP contribution in [0.5, 0.6) is 0 Å². The average molecular weight is 288 g/mol.